The number of amides is 1. The highest BCUT2D eigenvalue weighted by Gasteiger charge is 2.24. The first kappa shape index (κ1) is 13.9. The van der Waals surface area contributed by atoms with E-state index < -0.39 is 0 Å². The zero-order chi connectivity index (χ0) is 13.8. The monoisotopic (exact) mass is 261 g/mol. The predicted octanol–water partition coefficient (Wildman–Crippen LogP) is 2.77. The summed E-state index contributed by atoms with van der Waals surface area (Å²) in [5, 5.41) is 3.04. The van der Waals surface area contributed by atoms with Gasteiger partial charge in [-0.2, -0.15) is 0 Å². The number of hydrogen-bond acceptors (Lipinski definition) is 2. The molecule has 0 heterocycles. The van der Waals surface area contributed by atoms with Crippen molar-refractivity contribution in [1.29, 1.82) is 0 Å². The molecule has 19 heavy (non-hydrogen) atoms. The molecular weight excluding hydrogens is 238 g/mol. The Bertz CT molecular complexity index is 464. The highest BCUT2D eigenvalue weighted by Crippen LogP contribution is 2.26. The maximum absolute atomic E-state index is 11.7. The number of carbonyl (C=O) groups excluding carboxylic acids is 1. The van der Waals surface area contributed by atoms with Gasteiger partial charge in [0.25, 0.3) is 0 Å². The second-order valence-corrected chi connectivity index (χ2v) is 5.42. The molecule has 1 aromatic carbocycles. The third-order valence-electron chi connectivity index (χ3n) is 4.02. The molecule has 3 heteroatoms. The van der Waals surface area contributed by atoms with Crippen molar-refractivity contribution >= 4 is 5.91 Å². The van der Waals surface area contributed by atoms with E-state index in [-0.39, 0.29) is 11.8 Å². The average Bonchev–Trinajstić information content (AvgIpc) is 2.30. The van der Waals surface area contributed by atoms with Gasteiger partial charge in [0.1, 0.15) is 5.75 Å². The SMILES string of the molecule is COc1cc(C)c(CCNC(=O)C2CCC2)cc1C. The standard InChI is InChI=1S/C16H23NO2/c1-11-10-15(19-3)12(2)9-14(11)7-8-17-16(18)13-5-4-6-13/h9-10,13H,4-8H2,1-3H3,(H,17,18). The first-order valence-corrected chi connectivity index (χ1v) is 7.03. The Morgan fingerprint density at radius 2 is 2.05 bits per heavy atom. The van der Waals surface area contributed by atoms with E-state index in [0.717, 1.165) is 37.1 Å². The fourth-order valence-electron chi connectivity index (χ4n) is 2.47. The minimum absolute atomic E-state index is 0.231. The van der Waals surface area contributed by atoms with E-state index in [1.54, 1.807) is 7.11 Å². The molecule has 2 rings (SSSR count). The Kier molecular flexibility index (Phi) is 4.46. The lowest BCUT2D eigenvalue weighted by Gasteiger charge is -2.24. The van der Waals surface area contributed by atoms with Crippen molar-refractivity contribution in [2.75, 3.05) is 13.7 Å². The van der Waals surface area contributed by atoms with Crippen LogP contribution >= 0.6 is 0 Å². The lowest BCUT2D eigenvalue weighted by Crippen LogP contribution is -2.35. The van der Waals surface area contributed by atoms with Gasteiger partial charge in [0.2, 0.25) is 5.91 Å². The molecule has 1 N–H and O–H groups in total. The fourth-order valence-corrected chi connectivity index (χ4v) is 2.47. The van der Waals surface area contributed by atoms with Crippen LogP contribution in [-0.2, 0) is 11.2 Å². The molecule has 0 atom stereocenters. The summed E-state index contributed by atoms with van der Waals surface area (Å²) in [4.78, 5) is 11.7. The summed E-state index contributed by atoms with van der Waals surface area (Å²) in [6, 6.07) is 4.22. The number of ether oxygens (including phenoxy) is 1. The van der Waals surface area contributed by atoms with E-state index in [0.29, 0.717) is 0 Å². The third kappa shape index (κ3) is 3.28. The van der Waals surface area contributed by atoms with E-state index in [1.807, 2.05) is 0 Å². The largest absolute Gasteiger partial charge is 0.496 e. The Balaban J connectivity index is 1.88. The first-order valence-electron chi connectivity index (χ1n) is 7.03. The van der Waals surface area contributed by atoms with Crippen LogP contribution in [0.3, 0.4) is 0 Å². The summed E-state index contributed by atoms with van der Waals surface area (Å²) in [6.07, 6.45) is 4.21. The summed E-state index contributed by atoms with van der Waals surface area (Å²) in [6.45, 7) is 4.86. The van der Waals surface area contributed by atoms with E-state index >= 15 is 0 Å². The Hall–Kier alpha value is -1.51. The second kappa shape index (κ2) is 6.09. The van der Waals surface area contributed by atoms with Crippen LogP contribution in [0.15, 0.2) is 12.1 Å². The van der Waals surface area contributed by atoms with Crippen LogP contribution in [0, 0.1) is 19.8 Å². The highest BCUT2D eigenvalue weighted by molar-refractivity contribution is 5.79. The molecule has 0 radical (unpaired) electrons. The third-order valence-corrected chi connectivity index (χ3v) is 4.02. The van der Waals surface area contributed by atoms with Crippen LogP contribution in [0.25, 0.3) is 0 Å². The van der Waals surface area contributed by atoms with Crippen LogP contribution in [0.2, 0.25) is 0 Å². The molecule has 1 aromatic rings. The molecule has 3 nitrogen and oxygen atoms in total. The lowest BCUT2D eigenvalue weighted by atomic mass is 9.85. The lowest BCUT2D eigenvalue weighted by molar-refractivity contribution is -0.127. The smallest absolute Gasteiger partial charge is 0.223 e. The van der Waals surface area contributed by atoms with Crippen LogP contribution in [0.4, 0.5) is 0 Å². The topological polar surface area (TPSA) is 38.3 Å². The molecule has 1 aliphatic rings. The second-order valence-electron chi connectivity index (χ2n) is 5.42. The van der Waals surface area contributed by atoms with Crippen molar-refractivity contribution in [3.8, 4) is 5.75 Å². The van der Waals surface area contributed by atoms with Crippen LogP contribution < -0.4 is 10.1 Å². The molecule has 1 fully saturated rings. The molecule has 1 saturated carbocycles. The zero-order valence-electron chi connectivity index (χ0n) is 12.1. The van der Waals surface area contributed by atoms with Gasteiger partial charge in [-0.15, -0.1) is 0 Å². The molecule has 0 saturated heterocycles. The van der Waals surface area contributed by atoms with Crippen LogP contribution in [0.5, 0.6) is 5.75 Å². The fraction of sp³-hybridized carbons (Fsp3) is 0.562. The number of benzene rings is 1. The van der Waals surface area contributed by atoms with Gasteiger partial charge in [-0.1, -0.05) is 12.5 Å². The van der Waals surface area contributed by atoms with E-state index in [9.17, 15) is 4.79 Å². The normalized spacial score (nSPS) is 14.9. The van der Waals surface area contributed by atoms with Crippen molar-refractivity contribution in [3.63, 3.8) is 0 Å². The summed E-state index contributed by atoms with van der Waals surface area (Å²) in [7, 11) is 1.69. The predicted molar refractivity (Wildman–Crippen MR) is 76.5 cm³/mol. The van der Waals surface area contributed by atoms with Crippen LogP contribution in [-0.4, -0.2) is 19.6 Å². The molecule has 1 amide bonds. The maximum Gasteiger partial charge on any atom is 0.223 e. The van der Waals surface area contributed by atoms with Gasteiger partial charge in [-0.25, -0.2) is 0 Å². The molecule has 0 aliphatic heterocycles. The number of nitrogens with one attached hydrogen (secondary N) is 1. The molecule has 0 aromatic heterocycles. The van der Waals surface area contributed by atoms with Gasteiger partial charge in [0.05, 0.1) is 7.11 Å². The summed E-state index contributed by atoms with van der Waals surface area (Å²) in [5.74, 6) is 1.44. The zero-order valence-corrected chi connectivity index (χ0v) is 12.1. The molecule has 0 bridgehead atoms. The van der Waals surface area contributed by atoms with E-state index in [2.05, 4.69) is 31.3 Å². The van der Waals surface area contributed by atoms with Crippen molar-refractivity contribution in [1.82, 2.24) is 5.32 Å². The Morgan fingerprint density at radius 1 is 1.32 bits per heavy atom. The van der Waals surface area contributed by atoms with E-state index in [4.69, 9.17) is 4.74 Å². The number of carbonyl (C=O) groups is 1. The maximum atomic E-state index is 11.7. The Morgan fingerprint density at radius 3 is 2.63 bits per heavy atom. The van der Waals surface area contributed by atoms with Crippen molar-refractivity contribution in [2.24, 2.45) is 5.92 Å². The number of aryl methyl sites for hydroxylation is 2. The van der Waals surface area contributed by atoms with Crippen molar-refractivity contribution < 1.29 is 9.53 Å². The highest BCUT2D eigenvalue weighted by atomic mass is 16.5. The number of hydrogen-bond donors (Lipinski definition) is 1. The van der Waals surface area contributed by atoms with Crippen molar-refractivity contribution in [2.45, 2.75) is 39.5 Å². The molecule has 0 unspecified atom stereocenters. The minimum atomic E-state index is 0.231. The van der Waals surface area contributed by atoms with Gasteiger partial charge < -0.3 is 10.1 Å². The Labute approximate surface area is 115 Å². The van der Waals surface area contributed by atoms with E-state index in [1.165, 1.54) is 17.5 Å². The minimum Gasteiger partial charge on any atom is -0.496 e. The van der Waals surface area contributed by atoms with Gasteiger partial charge >= 0.3 is 0 Å². The molecule has 0 spiro atoms. The number of methoxy groups -OCH3 is 1. The molecular formula is C16H23NO2. The quantitative estimate of drug-likeness (QED) is 0.885. The number of rotatable bonds is 5. The van der Waals surface area contributed by atoms with Gasteiger partial charge in [-0.05, 0) is 55.9 Å². The summed E-state index contributed by atoms with van der Waals surface area (Å²) >= 11 is 0. The average molecular weight is 261 g/mol. The molecule has 104 valence electrons. The van der Waals surface area contributed by atoms with Crippen LogP contribution in [0.1, 0.15) is 36.0 Å². The van der Waals surface area contributed by atoms with Gasteiger partial charge in [0.15, 0.2) is 0 Å². The first-order chi connectivity index (χ1) is 9.11. The van der Waals surface area contributed by atoms with Gasteiger partial charge in [-0.3, -0.25) is 4.79 Å². The summed E-state index contributed by atoms with van der Waals surface area (Å²) < 4.78 is 5.31. The van der Waals surface area contributed by atoms with Gasteiger partial charge in [0, 0.05) is 12.5 Å². The summed E-state index contributed by atoms with van der Waals surface area (Å²) in [5.41, 5.74) is 3.65. The molecule has 1 aliphatic carbocycles. The van der Waals surface area contributed by atoms with Crippen molar-refractivity contribution in [3.05, 3.63) is 28.8 Å².